The molecule has 6 heteroatoms. The average molecular weight is 341 g/mol. The third kappa shape index (κ3) is 1.96. The highest BCUT2D eigenvalue weighted by molar-refractivity contribution is 7.12. The van der Waals surface area contributed by atoms with Crippen LogP contribution in [0.2, 0.25) is 0 Å². The maximum absolute atomic E-state index is 9.55. The van der Waals surface area contributed by atoms with Crippen LogP contribution in [-0.2, 0) is 0 Å². The van der Waals surface area contributed by atoms with Crippen molar-refractivity contribution in [3.05, 3.63) is 69.6 Å². The van der Waals surface area contributed by atoms with E-state index in [1.54, 1.807) is 11.3 Å². The lowest BCUT2D eigenvalue weighted by Gasteiger charge is -2.35. The number of thiophene rings is 1. The number of nitriles is 1. The largest absolute Gasteiger partial charge is 0.342 e. The molecular formula is C19H11N5S. The Kier molecular flexibility index (Phi) is 2.87. The Bertz CT molecular complexity index is 1090. The topological polar surface area (TPSA) is 84.4 Å². The van der Waals surface area contributed by atoms with Gasteiger partial charge >= 0.3 is 0 Å². The number of rotatable bonds is 1. The van der Waals surface area contributed by atoms with Crippen LogP contribution in [0.5, 0.6) is 0 Å². The Labute approximate surface area is 147 Å². The zero-order valence-electron chi connectivity index (χ0n) is 12.9. The molecule has 4 heterocycles. The molecule has 25 heavy (non-hydrogen) atoms. The van der Waals surface area contributed by atoms with Crippen LogP contribution in [0.15, 0.2) is 69.1 Å². The van der Waals surface area contributed by atoms with Crippen LogP contribution in [0.3, 0.4) is 0 Å². The number of dihydropyridines is 2. The molecule has 2 N–H and O–H groups in total. The van der Waals surface area contributed by atoms with Gasteiger partial charge in [0.05, 0.1) is 22.2 Å². The number of amidine groups is 2. The maximum atomic E-state index is 9.55. The highest BCUT2D eigenvalue weighted by Gasteiger charge is 2.40. The minimum atomic E-state index is -0.220. The van der Waals surface area contributed by atoms with Gasteiger partial charge in [-0.2, -0.15) is 5.26 Å². The molecule has 0 amide bonds. The van der Waals surface area contributed by atoms with Gasteiger partial charge in [-0.25, -0.2) is 9.98 Å². The van der Waals surface area contributed by atoms with E-state index in [4.69, 9.17) is 10.4 Å². The molecule has 1 aromatic heterocycles. The van der Waals surface area contributed by atoms with E-state index >= 15 is 0 Å². The van der Waals surface area contributed by atoms with Gasteiger partial charge in [-0.1, -0.05) is 24.3 Å². The van der Waals surface area contributed by atoms with Crippen molar-refractivity contribution in [1.82, 2.24) is 0 Å². The third-order valence-corrected chi connectivity index (χ3v) is 5.39. The first-order valence-electron chi connectivity index (χ1n) is 7.78. The van der Waals surface area contributed by atoms with E-state index in [1.165, 1.54) is 0 Å². The lowest BCUT2D eigenvalue weighted by Crippen LogP contribution is -2.36. The molecule has 1 aromatic carbocycles. The summed E-state index contributed by atoms with van der Waals surface area (Å²) in [5, 5.41) is 23.0. The number of hydrogen-bond acceptors (Lipinski definition) is 5. The SMILES string of the molecule is N#CC1=C2N=C(c3cccs3)C=C3c4ccccc4NC(=NC1=N)C32. The first-order valence-corrected chi connectivity index (χ1v) is 8.66. The van der Waals surface area contributed by atoms with Crippen molar-refractivity contribution in [3.63, 3.8) is 0 Å². The number of fused-ring (bicyclic) bond motifs is 2. The fourth-order valence-corrected chi connectivity index (χ4v) is 4.11. The minimum absolute atomic E-state index is 0.0360. The second kappa shape index (κ2) is 5.10. The van der Waals surface area contributed by atoms with E-state index in [2.05, 4.69) is 28.5 Å². The van der Waals surface area contributed by atoms with Crippen LogP contribution in [0.1, 0.15) is 10.4 Å². The fourth-order valence-electron chi connectivity index (χ4n) is 3.42. The van der Waals surface area contributed by atoms with Crippen LogP contribution in [-0.4, -0.2) is 17.4 Å². The predicted molar refractivity (Wildman–Crippen MR) is 100 cm³/mol. The zero-order valence-corrected chi connectivity index (χ0v) is 13.8. The molecule has 0 saturated heterocycles. The average Bonchev–Trinajstić information content (AvgIpc) is 3.16. The molecule has 118 valence electrons. The van der Waals surface area contributed by atoms with Gasteiger partial charge in [0.25, 0.3) is 0 Å². The molecule has 0 spiro atoms. The first kappa shape index (κ1) is 14.1. The number of benzene rings is 1. The highest BCUT2D eigenvalue weighted by Crippen LogP contribution is 2.44. The molecule has 5 nitrogen and oxygen atoms in total. The second-order valence-electron chi connectivity index (χ2n) is 5.90. The monoisotopic (exact) mass is 341 g/mol. The highest BCUT2D eigenvalue weighted by atomic mass is 32.1. The van der Waals surface area contributed by atoms with E-state index in [0.29, 0.717) is 11.5 Å². The van der Waals surface area contributed by atoms with Crippen LogP contribution in [0.25, 0.3) is 5.57 Å². The molecule has 0 bridgehead atoms. The molecular weight excluding hydrogens is 330 g/mol. The summed E-state index contributed by atoms with van der Waals surface area (Å²) in [5.74, 6) is 0.409. The molecule has 3 aliphatic heterocycles. The lowest BCUT2D eigenvalue weighted by atomic mass is 9.79. The summed E-state index contributed by atoms with van der Waals surface area (Å²) in [5.41, 5.74) is 4.80. The quantitative estimate of drug-likeness (QED) is 0.826. The van der Waals surface area contributed by atoms with Crippen molar-refractivity contribution in [3.8, 4) is 6.07 Å². The summed E-state index contributed by atoms with van der Waals surface area (Å²) in [6.45, 7) is 0. The maximum Gasteiger partial charge on any atom is 0.166 e. The van der Waals surface area contributed by atoms with Crippen LogP contribution in [0.4, 0.5) is 5.69 Å². The van der Waals surface area contributed by atoms with Gasteiger partial charge in [-0.05, 0) is 29.2 Å². The number of nitrogens with zero attached hydrogens (tertiary/aromatic N) is 3. The number of aliphatic imine (C=N–C) groups is 2. The van der Waals surface area contributed by atoms with Crippen molar-refractivity contribution in [1.29, 1.82) is 10.7 Å². The van der Waals surface area contributed by atoms with Gasteiger partial charge in [-0.3, -0.25) is 5.41 Å². The first-order chi connectivity index (χ1) is 12.3. The Hall–Kier alpha value is -3.30. The molecule has 0 aliphatic carbocycles. The predicted octanol–water partition coefficient (Wildman–Crippen LogP) is 3.84. The molecule has 5 rings (SSSR count). The van der Waals surface area contributed by atoms with Gasteiger partial charge in [0.1, 0.15) is 17.5 Å². The summed E-state index contributed by atoms with van der Waals surface area (Å²) in [6, 6.07) is 14.2. The van der Waals surface area contributed by atoms with E-state index in [1.807, 2.05) is 35.7 Å². The van der Waals surface area contributed by atoms with E-state index in [9.17, 15) is 5.26 Å². The summed E-state index contributed by atoms with van der Waals surface area (Å²) in [6.07, 6.45) is 2.08. The van der Waals surface area contributed by atoms with Crippen molar-refractivity contribution in [2.24, 2.45) is 15.9 Å². The molecule has 0 radical (unpaired) electrons. The molecule has 0 saturated carbocycles. The van der Waals surface area contributed by atoms with Crippen LogP contribution in [0, 0.1) is 22.7 Å². The number of para-hydroxylation sites is 1. The summed E-state index contributed by atoms with van der Waals surface area (Å²) >= 11 is 1.61. The Morgan fingerprint density at radius 1 is 1.16 bits per heavy atom. The number of nitrogens with one attached hydrogen (secondary N) is 2. The minimum Gasteiger partial charge on any atom is -0.342 e. The van der Waals surface area contributed by atoms with E-state index in [0.717, 1.165) is 27.4 Å². The summed E-state index contributed by atoms with van der Waals surface area (Å²) in [7, 11) is 0. The number of hydrogen-bond donors (Lipinski definition) is 2. The van der Waals surface area contributed by atoms with Gasteiger partial charge in [0.15, 0.2) is 5.84 Å². The van der Waals surface area contributed by atoms with Gasteiger partial charge in [0.2, 0.25) is 0 Å². The van der Waals surface area contributed by atoms with Crippen molar-refractivity contribution >= 4 is 40.0 Å². The van der Waals surface area contributed by atoms with Crippen molar-refractivity contribution in [2.75, 3.05) is 5.32 Å². The summed E-state index contributed by atoms with van der Waals surface area (Å²) in [4.78, 5) is 10.1. The van der Waals surface area contributed by atoms with Gasteiger partial charge in [0, 0.05) is 11.3 Å². The molecule has 2 aromatic rings. The summed E-state index contributed by atoms with van der Waals surface area (Å²) < 4.78 is 0. The van der Waals surface area contributed by atoms with Crippen LogP contribution < -0.4 is 5.32 Å². The standard InChI is InChI=1S/C19H11N5S/c20-9-12-17-16-11(8-14(22-17)15-6-3-7-25-15)10-4-1-2-5-13(10)23-19(16)24-18(12)21/h1-8,16H,(H2,21,23,24). The van der Waals surface area contributed by atoms with Crippen molar-refractivity contribution < 1.29 is 0 Å². The van der Waals surface area contributed by atoms with E-state index in [-0.39, 0.29) is 17.3 Å². The number of allylic oxidation sites excluding steroid dienone is 1. The second-order valence-corrected chi connectivity index (χ2v) is 6.84. The Balaban J connectivity index is 1.83. The normalized spacial score (nSPS) is 20.5. The van der Waals surface area contributed by atoms with E-state index < -0.39 is 0 Å². The van der Waals surface area contributed by atoms with Crippen LogP contribution >= 0.6 is 11.3 Å². The Morgan fingerprint density at radius 2 is 2.04 bits per heavy atom. The van der Waals surface area contributed by atoms with Gasteiger partial charge in [-0.15, -0.1) is 11.3 Å². The molecule has 3 aliphatic rings. The molecule has 1 atom stereocenters. The number of anilines is 1. The Morgan fingerprint density at radius 3 is 2.84 bits per heavy atom. The fraction of sp³-hybridized carbons (Fsp3) is 0.0526. The van der Waals surface area contributed by atoms with Gasteiger partial charge < -0.3 is 5.32 Å². The molecule has 1 unspecified atom stereocenters. The molecule has 0 fully saturated rings. The zero-order chi connectivity index (χ0) is 17.0. The third-order valence-electron chi connectivity index (χ3n) is 4.50. The smallest absolute Gasteiger partial charge is 0.166 e. The lowest BCUT2D eigenvalue weighted by molar-refractivity contribution is 0.965. The van der Waals surface area contributed by atoms with Crippen molar-refractivity contribution in [2.45, 2.75) is 0 Å².